The van der Waals surface area contributed by atoms with Gasteiger partial charge in [0.2, 0.25) is 0 Å². The van der Waals surface area contributed by atoms with E-state index in [0.29, 0.717) is 103 Å². The number of amides is 2. The van der Waals surface area contributed by atoms with Gasteiger partial charge in [-0.15, -0.1) is 0 Å². The van der Waals surface area contributed by atoms with Gasteiger partial charge in [0, 0.05) is 49.1 Å². The van der Waals surface area contributed by atoms with E-state index < -0.39 is 34.6 Å². The summed E-state index contributed by atoms with van der Waals surface area (Å²) in [6.45, 7) is 7.05. The molecule has 310 valence electrons. The van der Waals surface area contributed by atoms with Crippen LogP contribution in [0.2, 0.25) is 0 Å². The van der Waals surface area contributed by atoms with Gasteiger partial charge in [-0.25, -0.2) is 0 Å². The normalized spacial score (nSPS) is 23.1. The Morgan fingerprint density at radius 2 is 1.28 bits per heavy atom. The van der Waals surface area contributed by atoms with Crippen molar-refractivity contribution in [3.8, 4) is 23.0 Å². The molecule has 0 radical (unpaired) electrons. The Bertz CT molecular complexity index is 2110. The lowest BCUT2D eigenvalue weighted by atomic mass is 9.99. The summed E-state index contributed by atoms with van der Waals surface area (Å²) in [5.74, 6) is 0.997. The van der Waals surface area contributed by atoms with E-state index in [9.17, 15) is 31.9 Å². The van der Waals surface area contributed by atoms with Crippen LogP contribution >= 0.6 is 7.14 Å². The average molecular weight is 827 g/mol. The second-order valence-electron chi connectivity index (χ2n) is 15.5. The molecule has 0 spiro atoms. The summed E-state index contributed by atoms with van der Waals surface area (Å²) < 4.78 is 73.2. The van der Waals surface area contributed by atoms with E-state index in [-0.39, 0.29) is 43.7 Å². The van der Waals surface area contributed by atoms with Crippen molar-refractivity contribution in [2.24, 2.45) is 0 Å². The van der Waals surface area contributed by atoms with Crippen molar-refractivity contribution in [2.75, 3.05) is 59.0 Å². The standard InChI is InChI=1S/C42H55N2O11PS/c1-6-9-14-56(48,15-10-12-54-38-20-29-19-35(45)33-17-27(7-2)25-43(33)41(46)31(29)23-36(38)52-4)16-11-13-55-39-21-30-22-40(57(49,50)51)34-18-28(8-3)26-44(34)42(47)32(30)24-37(39)53-5/h7-8,20-21,23-24,33-34,40H,6,9-19,22,25-26H2,1-5H3,(H,49,50,51)/b27-7+,28-8+/t33-,34-,40?,56?/m0/s1. The quantitative estimate of drug-likeness (QED) is 0.0866. The number of hydrogen-bond acceptors (Lipinski definition) is 10. The first kappa shape index (κ1) is 42.5. The number of methoxy groups -OCH3 is 2. The zero-order valence-corrected chi connectivity index (χ0v) is 35.3. The zero-order chi connectivity index (χ0) is 41.1. The molecule has 2 aromatic carbocycles. The van der Waals surface area contributed by atoms with E-state index >= 15 is 0 Å². The predicted octanol–water partition coefficient (Wildman–Crippen LogP) is 6.36. The highest BCUT2D eigenvalue weighted by atomic mass is 32.2. The first-order valence-electron chi connectivity index (χ1n) is 19.9. The van der Waals surface area contributed by atoms with Crippen LogP contribution in [0.4, 0.5) is 0 Å². The molecule has 4 aliphatic heterocycles. The average Bonchev–Trinajstić information content (AvgIpc) is 3.79. The summed E-state index contributed by atoms with van der Waals surface area (Å²) in [4.78, 5) is 43.6. The molecular weight excluding hydrogens is 772 g/mol. The van der Waals surface area contributed by atoms with Crippen LogP contribution in [0.1, 0.15) is 91.1 Å². The van der Waals surface area contributed by atoms with Crippen LogP contribution in [0.15, 0.2) is 47.6 Å². The second-order valence-corrected chi connectivity index (χ2v) is 20.6. The summed E-state index contributed by atoms with van der Waals surface area (Å²) in [6.07, 6.45) is 9.10. The number of benzene rings is 2. The first-order valence-corrected chi connectivity index (χ1v) is 23.6. The molecule has 2 saturated heterocycles. The molecule has 0 aromatic heterocycles. The SMILES string of the molecule is C/C=C1\C[C@H]2C(=O)Cc3cc(OCCCP(=O)(CCCC)CCCOc4cc5c(cc4OC)C(=O)N4C/C(=C/C)C[C@H]4C(S(=O)(=O)O)C5)c(OC)cc3C(=O)N2C1. The summed E-state index contributed by atoms with van der Waals surface area (Å²) in [7, 11) is -4.13. The molecule has 2 fully saturated rings. The molecule has 4 aliphatic rings. The van der Waals surface area contributed by atoms with Crippen molar-refractivity contribution in [3.05, 3.63) is 69.8 Å². The molecule has 4 heterocycles. The third-order valence-electron chi connectivity index (χ3n) is 11.9. The fraction of sp³-hybridized carbons (Fsp3) is 0.548. The van der Waals surface area contributed by atoms with E-state index in [1.54, 1.807) is 29.2 Å². The van der Waals surface area contributed by atoms with Crippen molar-refractivity contribution in [1.29, 1.82) is 0 Å². The highest BCUT2D eigenvalue weighted by Crippen LogP contribution is 2.48. The Morgan fingerprint density at radius 3 is 1.84 bits per heavy atom. The van der Waals surface area contributed by atoms with Gasteiger partial charge in [0.1, 0.15) is 5.25 Å². The minimum atomic E-state index is -4.49. The fourth-order valence-electron chi connectivity index (χ4n) is 8.59. The number of nitrogens with zero attached hydrogens (tertiary/aromatic N) is 2. The highest BCUT2D eigenvalue weighted by Gasteiger charge is 2.46. The molecule has 0 aliphatic carbocycles. The Balaban J connectivity index is 1.08. The Kier molecular flexibility index (Phi) is 13.3. The van der Waals surface area contributed by atoms with Crippen molar-refractivity contribution in [1.82, 2.24) is 9.80 Å². The lowest BCUT2D eigenvalue weighted by molar-refractivity contribution is -0.121. The predicted molar refractivity (Wildman–Crippen MR) is 217 cm³/mol. The molecule has 0 bridgehead atoms. The van der Waals surface area contributed by atoms with Crippen LogP contribution in [0, 0.1) is 0 Å². The van der Waals surface area contributed by atoms with Gasteiger partial charge in [0.05, 0.1) is 46.7 Å². The van der Waals surface area contributed by atoms with Crippen LogP contribution < -0.4 is 18.9 Å². The maximum atomic E-state index is 14.2. The zero-order valence-electron chi connectivity index (χ0n) is 33.6. The van der Waals surface area contributed by atoms with Crippen molar-refractivity contribution < 1.29 is 50.9 Å². The highest BCUT2D eigenvalue weighted by molar-refractivity contribution is 7.86. The number of ketones is 1. The Hall–Kier alpha value is -4.13. The van der Waals surface area contributed by atoms with E-state index in [2.05, 4.69) is 6.92 Å². The number of carbonyl (C=O) groups is 3. The number of fused-ring (bicyclic) bond motifs is 4. The van der Waals surface area contributed by atoms with E-state index in [1.807, 2.05) is 26.0 Å². The van der Waals surface area contributed by atoms with Gasteiger partial charge in [0.25, 0.3) is 21.9 Å². The molecule has 2 unspecified atom stereocenters. The summed E-state index contributed by atoms with van der Waals surface area (Å²) in [6, 6.07) is 5.45. The van der Waals surface area contributed by atoms with Crippen molar-refractivity contribution >= 4 is 34.9 Å². The topological polar surface area (TPSA) is 166 Å². The number of Topliss-reactive ketones (excluding diaryl/α,β-unsaturated/α-hetero) is 1. The third-order valence-corrected chi connectivity index (χ3v) is 16.5. The van der Waals surface area contributed by atoms with Gasteiger partial charge in [-0.05, 0) is 87.8 Å². The maximum Gasteiger partial charge on any atom is 0.270 e. The molecule has 2 amide bonds. The Labute approximate surface area is 335 Å². The summed E-state index contributed by atoms with van der Waals surface area (Å²) in [5.41, 5.74) is 3.84. The van der Waals surface area contributed by atoms with E-state index in [0.717, 1.165) is 24.0 Å². The molecule has 13 nitrogen and oxygen atoms in total. The number of carbonyl (C=O) groups excluding carboxylic acids is 3. The molecular formula is C42H55N2O11PS. The molecule has 57 heavy (non-hydrogen) atoms. The van der Waals surface area contributed by atoms with Gasteiger partial charge < -0.3 is 33.3 Å². The maximum absolute atomic E-state index is 14.2. The molecule has 1 N–H and O–H groups in total. The molecule has 2 aromatic rings. The summed E-state index contributed by atoms with van der Waals surface area (Å²) in [5, 5.41) is -1.19. The molecule has 6 rings (SSSR count). The molecule has 4 atom stereocenters. The van der Waals surface area contributed by atoms with Crippen LogP contribution in [-0.4, -0.2) is 117 Å². The number of rotatable bonds is 16. The van der Waals surface area contributed by atoms with Gasteiger partial charge in [-0.3, -0.25) is 18.9 Å². The van der Waals surface area contributed by atoms with Crippen molar-refractivity contribution in [2.45, 2.75) is 89.5 Å². The van der Waals surface area contributed by atoms with E-state index in [4.69, 9.17) is 18.9 Å². The number of hydrogen-bond donors (Lipinski definition) is 1. The van der Waals surface area contributed by atoms with Crippen molar-refractivity contribution in [3.63, 3.8) is 0 Å². The van der Waals surface area contributed by atoms with Gasteiger partial charge >= 0.3 is 0 Å². The third kappa shape index (κ3) is 9.13. The largest absolute Gasteiger partial charge is 0.493 e. The van der Waals surface area contributed by atoms with Gasteiger partial charge in [-0.2, -0.15) is 8.42 Å². The minimum absolute atomic E-state index is 0.000859. The number of unbranched alkanes of at least 4 members (excludes halogenated alkanes) is 1. The first-order chi connectivity index (χ1) is 27.2. The van der Waals surface area contributed by atoms with Crippen LogP contribution in [0.3, 0.4) is 0 Å². The fourth-order valence-corrected chi connectivity index (χ4v) is 12.6. The lowest BCUT2D eigenvalue weighted by Crippen LogP contribution is -2.44. The van der Waals surface area contributed by atoms with Crippen LogP contribution in [-0.2, 0) is 32.3 Å². The van der Waals surface area contributed by atoms with Gasteiger partial charge in [-0.1, -0.05) is 36.6 Å². The summed E-state index contributed by atoms with van der Waals surface area (Å²) >= 11 is 0. The van der Waals surface area contributed by atoms with Crippen LogP contribution in [0.5, 0.6) is 23.0 Å². The smallest absolute Gasteiger partial charge is 0.270 e. The van der Waals surface area contributed by atoms with Crippen LogP contribution in [0.25, 0.3) is 0 Å². The number of allylic oxidation sites excluding steroid dienone is 2. The van der Waals surface area contributed by atoms with E-state index in [1.165, 1.54) is 19.1 Å². The monoisotopic (exact) mass is 826 g/mol. The minimum Gasteiger partial charge on any atom is -0.493 e. The van der Waals surface area contributed by atoms with Gasteiger partial charge in [0.15, 0.2) is 28.8 Å². The second kappa shape index (κ2) is 17.8. The number of ether oxygens (including phenoxy) is 4. The lowest BCUT2D eigenvalue weighted by Gasteiger charge is -2.26. The Morgan fingerprint density at radius 1 is 0.754 bits per heavy atom. The molecule has 15 heteroatoms. The molecule has 0 saturated carbocycles.